The highest BCUT2D eigenvalue weighted by atomic mass is 19.4. The van der Waals surface area contributed by atoms with Crippen molar-refractivity contribution >= 4 is 17.3 Å². The molecule has 0 aliphatic carbocycles. The Morgan fingerprint density at radius 2 is 1.11 bits per heavy atom. The highest BCUT2D eigenvalue weighted by molar-refractivity contribution is 5.98. The molecule has 1 rings (SSSR count). The van der Waals surface area contributed by atoms with Gasteiger partial charge in [0.05, 0.1) is 4.92 Å². The van der Waals surface area contributed by atoms with E-state index in [1.165, 1.54) is 0 Å². The molecular formula is C15H6F16N2O3. The third kappa shape index (κ3) is 4.14. The number of nitro groups is 1. The molecule has 0 aliphatic rings. The number of nitrogens with one attached hydrogen (secondary N) is 1. The van der Waals surface area contributed by atoms with E-state index in [9.17, 15) is 85.2 Å². The number of para-hydroxylation sites is 2. The highest BCUT2D eigenvalue weighted by Gasteiger charge is 2.94. The predicted octanol–water partition coefficient (Wildman–Crippen LogP) is 6.25. The van der Waals surface area contributed by atoms with Crippen LogP contribution in [0.2, 0.25) is 0 Å². The van der Waals surface area contributed by atoms with Gasteiger partial charge < -0.3 is 5.32 Å². The highest BCUT2D eigenvalue weighted by Crippen LogP contribution is 2.62. The molecule has 0 fully saturated rings. The van der Waals surface area contributed by atoms with Crippen LogP contribution in [0, 0.1) is 10.1 Å². The quantitative estimate of drug-likeness (QED) is 0.207. The van der Waals surface area contributed by atoms with Crippen molar-refractivity contribution in [2.24, 2.45) is 0 Å². The summed E-state index contributed by atoms with van der Waals surface area (Å²) in [4.78, 5) is 20.7. The molecule has 0 atom stereocenters. The van der Waals surface area contributed by atoms with E-state index in [0.29, 0.717) is 23.5 Å². The molecule has 36 heavy (non-hydrogen) atoms. The second kappa shape index (κ2) is 8.82. The lowest BCUT2D eigenvalue weighted by Crippen LogP contribution is -2.74. The van der Waals surface area contributed by atoms with Crippen LogP contribution in [0.4, 0.5) is 81.6 Å². The van der Waals surface area contributed by atoms with E-state index in [1.54, 1.807) is 0 Å². The van der Waals surface area contributed by atoms with Crippen LogP contribution in [0.5, 0.6) is 0 Å². The molecule has 206 valence electrons. The number of carbonyl (C=O) groups excluding carboxylic acids is 1. The first-order valence-corrected chi connectivity index (χ1v) is 8.24. The zero-order valence-corrected chi connectivity index (χ0v) is 16.1. The van der Waals surface area contributed by atoms with E-state index in [1.807, 2.05) is 0 Å². The van der Waals surface area contributed by atoms with Gasteiger partial charge in [-0.2, -0.15) is 61.5 Å². The van der Waals surface area contributed by atoms with E-state index in [-0.39, 0.29) is 0 Å². The normalized spacial score (nSPS) is 14.7. The lowest BCUT2D eigenvalue weighted by atomic mass is 9.89. The van der Waals surface area contributed by atoms with Crippen molar-refractivity contribution in [2.45, 2.75) is 47.9 Å². The maximum absolute atomic E-state index is 13.8. The van der Waals surface area contributed by atoms with Crippen molar-refractivity contribution in [3.8, 4) is 0 Å². The summed E-state index contributed by atoms with van der Waals surface area (Å²) in [5.41, 5.74) is -2.85. The average Bonchev–Trinajstić information content (AvgIpc) is 2.72. The standard InChI is InChI=1S/C15H6F16N2O3/c16-7(17)9(18,19)11(22,23)13(26,27)15(30,31)14(28,29)12(24,25)10(20,21)8(34)32-5-3-1-2-4-6(5)33(35)36/h1-4,7H,(H,32,34). The molecule has 5 nitrogen and oxygen atoms in total. The van der Waals surface area contributed by atoms with Gasteiger partial charge >= 0.3 is 53.8 Å². The van der Waals surface area contributed by atoms with Crippen molar-refractivity contribution in [3.63, 3.8) is 0 Å². The number of hydrogen-bond donors (Lipinski definition) is 1. The first-order chi connectivity index (χ1) is 15.8. The first-order valence-electron chi connectivity index (χ1n) is 8.24. The molecule has 0 saturated heterocycles. The molecule has 0 aliphatic heterocycles. The van der Waals surface area contributed by atoms with Crippen LogP contribution in [0.1, 0.15) is 0 Å². The number of benzene rings is 1. The Morgan fingerprint density at radius 1 is 0.722 bits per heavy atom. The summed E-state index contributed by atoms with van der Waals surface area (Å²) in [6.07, 6.45) is -5.97. The average molecular weight is 566 g/mol. The number of carbonyl (C=O) groups is 1. The van der Waals surface area contributed by atoms with E-state index in [2.05, 4.69) is 0 Å². The molecule has 0 saturated carbocycles. The molecule has 0 heterocycles. The zero-order chi connectivity index (χ0) is 28.9. The molecule has 1 aromatic carbocycles. The van der Waals surface area contributed by atoms with Crippen LogP contribution in [0.3, 0.4) is 0 Å². The van der Waals surface area contributed by atoms with Crippen molar-refractivity contribution < 1.29 is 80.0 Å². The van der Waals surface area contributed by atoms with Crippen molar-refractivity contribution in [1.29, 1.82) is 0 Å². The summed E-state index contributed by atoms with van der Waals surface area (Å²) in [6, 6.07) is 2.18. The second-order valence-corrected chi connectivity index (χ2v) is 6.60. The Labute approximate surface area is 186 Å². The van der Waals surface area contributed by atoms with Gasteiger partial charge in [-0.1, -0.05) is 12.1 Å². The monoisotopic (exact) mass is 566 g/mol. The van der Waals surface area contributed by atoms with Gasteiger partial charge in [0, 0.05) is 6.07 Å². The molecule has 0 bridgehead atoms. The minimum absolute atomic E-state index is 0.304. The van der Waals surface area contributed by atoms with E-state index >= 15 is 0 Å². The molecular weight excluding hydrogens is 560 g/mol. The Bertz CT molecular complexity index is 1010. The fourth-order valence-corrected chi connectivity index (χ4v) is 2.22. The smallest absolute Gasteiger partial charge is 0.315 e. The number of hydrogen-bond acceptors (Lipinski definition) is 3. The zero-order valence-electron chi connectivity index (χ0n) is 16.1. The van der Waals surface area contributed by atoms with Crippen LogP contribution >= 0.6 is 0 Å². The number of alkyl halides is 16. The third-order valence-corrected chi connectivity index (χ3v) is 4.30. The van der Waals surface area contributed by atoms with Gasteiger partial charge in [0.25, 0.3) is 5.69 Å². The summed E-state index contributed by atoms with van der Waals surface area (Å²) < 4.78 is 212. The van der Waals surface area contributed by atoms with E-state index < -0.39 is 70.1 Å². The number of rotatable bonds is 10. The summed E-state index contributed by atoms with van der Waals surface area (Å²) >= 11 is 0. The lowest BCUT2D eigenvalue weighted by molar-refractivity contribution is -0.443. The molecule has 0 spiro atoms. The predicted molar refractivity (Wildman–Crippen MR) is 82.4 cm³/mol. The summed E-state index contributed by atoms with van der Waals surface area (Å²) in [6.45, 7) is 0. The Morgan fingerprint density at radius 3 is 1.53 bits per heavy atom. The minimum Gasteiger partial charge on any atom is -0.315 e. The van der Waals surface area contributed by atoms with Gasteiger partial charge in [0.15, 0.2) is 0 Å². The SMILES string of the molecule is O=C(Nc1ccccc1[N+](=O)[O-])C(F)(F)C(F)(F)C(F)(F)C(F)(F)C(F)(F)C(F)(F)C(F)(F)C(F)F. The Hall–Kier alpha value is -3.03. The summed E-state index contributed by atoms with van der Waals surface area (Å²) in [5, 5.41) is 11.2. The second-order valence-electron chi connectivity index (χ2n) is 6.60. The molecule has 0 radical (unpaired) electrons. The number of amides is 1. The number of halogens is 16. The van der Waals surface area contributed by atoms with E-state index in [0.717, 1.165) is 6.07 Å². The molecule has 0 unspecified atom stereocenters. The van der Waals surface area contributed by atoms with Crippen molar-refractivity contribution in [3.05, 3.63) is 34.4 Å². The van der Waals surface area contributed by atoms with Gasteiger partial charge in [-0.3, -0.25) is 14.9 Å². The van der Waals surface area contributed by atoms with Crippen LogP contribution in [0.25, 0.3) is 0 Å². The van der Waals surface area contributed by atoms with Crippen LogP contribution in [0.15, 0.2) is 24.3 Å². The Kier molecular flexibility index (Phi) is 7.59. The van der Waals surface area contributed by atoms with Crippen molar-refractivity contribution in [1.82, 2.24) is 0 Å². The third-order valence-electron chi connectivity index (χ3n) is 4.30. The molecule has 1 N–H and O–H groups in total. The molecule has 21 heteroatoms. The number of nitro benzene ring substituents is 1. The van der Waals surface area contributed by atoms with Gasteiger partial charge in [0.1, 0.15) is 5.69 Å². The molecule has 1 amide bonds. The maximum atomic E-state index is 13.8. The Balaban J connectivity index is 3.59. The fourth-order valence-electron chi connectivity index (χ4n) is 2.22. The van der Waals surface area contributed by atoms with Gasteiger partial charge in [-0.05, 0) is 6.07 Å². The lowest BCUT2D eigenvalue weighted by Gasteiger charge is -2.42. The van der Waals surface area contributed by atoms with Crippen LogP contribution in [-0.4, -0.2) is 58.7 Å². The first kappa shape index (κ1) is 31.0. The van der Waals surface area contributed by atoms with Crippen LogP contribution < -0.4 is 5.32 Å². The summed E-state index contributed by atoms with van der Waals surface area (Å²) in [5.74, 6) is -60.9. The molecule has 0 aromatic heterocycles. The van der Waals surface area contributed by atoms with Gasteiger partial charge in [-0.15, -0.1) is 0 Å². The van der Waals surface area contributed by atoms with E-state index in [4.69, 9.17) is 0 Å². The maximum Gasteiger partial charge on any atom is 0.393 e. The largest absolute Gasteiger partial charge is 0.393 e. The molecule has 1 aromatic rings. The summed E-state index contributed by atoms with van der Waals surface area (Å²) in [7, 11) is 0. The fraction of sp³-hybridized carbons (Fsp3) is 0.533. The van der Waals surface area contributed by atoms with Gasteiger partial charge in [0.2, 0.25) is 0 Å². The van der Waals surface area contributed by atoms with Crippen LogP contribution in [-0.2, 0) is 4.79 Å². The van der Waals surface area contributed by atoms with Crippen molar-refractivity contribution in [2.75, 3.05) is 5.32 Å². The van der Waals surface area contributed by atoms with Gasteiger partial charge in [-0.25, -0.2) is 8.78 Å². The number of anilines is 1. The topological polar surface area (TPSA) is 72.2 Å². The minimum atomic E-state index is -8.66. The number of nitrogens with zero attached hydrogens (tertiary/aromatic N) is 1.